The molecule has 5 nitrogen and oxygen atoms in total. The van der Waals surface area contributed by atoms with Gasteiger partial charge >= 0.3 is 0 Å². The van der Waals surface area contributed by atoms with Crippen molar-refractivity contribution in [3.63, 3.8) is 0 Å². The third-order valence-electron chi connectivity index (χ3n) is 4.66. The zero-order valence-electron chi connectivity index (χ0n) is 14.6. The molecule has 128 valence electrons. The summed E-state index contributed by atoms with van der Waals surface area (Å²) in [6, 6.07) is 20.3. The van der Waals surface area contributed by atoms with Gasteiger partial charge in [-0.05, 0) is 46.9 Å². The first kappa shape index (κ1) is 16.0. The van der Waals surface area contributed by atoms with Gasteiger partial charge in [-0.25, -0.2) is 4.68 Å². The molecule has 0 aliphatic heterocycles. The molecule has 0 fully saturated rings. The van der Waals surface area contributed by atoms with E-state index in [1.165, 1.54) is 11.1 Å². The minimum atomic E-state index is -0.506. The fraction of sp³-hybridized carbons (Fsp3) is 0.0952. The fourth-order valence-electron chi connectivity index (χ4n) is 3.22. The van der Waals surface area contributed by atoms with E-state index in [-0.39, 0.29) is 0 Å². The molecule has 0 spiro atoms. The molecule has 26 heavy (non-hydrogen) atoms. The normalized spacial score (nSPS) is 11.0. The molecule has 1 heterocycles. The highest BCUT2D eigenvalue weighted by molar-refractivity contribution is 6.05. The zero-order chi connectivity index (χ0) is 18.3. The lowest BCUT2D eigenvalue weighted by molar-refractivity contribution is 0.100. The molecular weight excluding hydrogens is 324 g/mol. The summed E-state index contributed by atoms with van der Waals surface area (Å²) < 4.78 is 1.65. The summed E-state index contributed by atoms with van der Waals surface area (Å²) in [6.07, 6.45) is 0. The Labute approximate surface area is 151 Å². The van der Waals surface area contributed by atoms with Gasteiger partial charge in [-0.1, -0.05) is 53.7 Å². The molecular formula is C21H18N4O. The van der Waals surface area contributed by atoms with Gasteiger partial charge in [0.25, 0.3) is 5.91 Å². The Morgan fingerprint density at radius 1 is 0.962 bits per heavy atom. The quantitative estimate of drug-likeness (QED) is 0.617. The predicted molar refractivity (Wildman–Crippen MR) is 103 cm³/mol. The molecule has 4 rings (SSSR count). The van der Waals surface area contributed by atoms with Crippen molar-refractivity contribution < 1.29 is 4.79 Å². The molecule has 0 radical (unpaired) electrons. The minimum Gasteiger partial charge on any atom is -0.366 e. The van der Waals surface area contributed by atoms with Crippen LogP contribution >= 0.6 is 0 Å². The van der Waals surface area contributed by atoms with Crippen LogP contribution in [-0.4, -0.2) is 20.9 Å². The van der Waals surface area contributed by atoms with Crippen LogP contribution in [0.15, 0.2) is 60.7 Å². The van der Waals surface area contributed by atoms with Gasteiger partial charge in [-0.15, -0.1) is 5.10 Å². The number of nitrogens with zero attached hydrogens (tertiary/aromatic N) is 3. The number of hydrogen-bond donors (Lipinski definition) is 1. The van der Waals surface area contributed by atoms with Gasteiger partial charge in [0.2, 0.25) is 0 Å². The van der Waals surface area contributed by atoms with Gasteiger partial charge in [-0.3, -0.25) is 4.79 Å². The van der Waals surface area contributed by atoms with Crippen LogP contribution in [0.3, 0.4) is 0 Å². The first-order chi connectivity index (χ1) is 12.5. The van der Waals surface area contributed by atoms with Crippen LogP contribution in [0.4, 0.5) is 0 Å². The predicted octanol–water partition coefficient (Wildman–Crippen LogP) is 3.71. The highest BCUT2D eigenvalue weighted by Gasteiger charge is 2.14. The monoisotopic (exact) mass is 342 g/mol. The van der Waals surface area contributed by atoms with Crippen LogP contribution in [0.25, 0.3) is 33.3 Å². The Kier molecular flexibility index (Phi) is 3.77. The first-order valence-corrected chi connectivity index (χ1v) is 8.34. The lowest BCUT2D eigenvalue weighted by atomic mass is 9.96. The third kappa shape index (κ3) is 2.63. The van der Waals surface area contributed by atoms with Crippen molar-refractivity contribution in [3.8, 4) is 22.3 Å². The number of fused-ring (bicyclic) bond motifs is 1. The van der Waals surface area contributed by atoms with Gasteiger partial charge in [0.05, 0.1) is 11.1 Å². The molecule has 0 bridgehead atoms. The maximum absolute atomic E-state index is 11.8. The molecule has 0 aliphatic carbocycles. The number of aryl methyl sites for hydroxylation is 2. The number of hydrogen-bond acceptors (Lipinski definition) is 3. The first-order valence-electron chi connectivity index (χ1n) is 8.34. The summed E-state index contributed by atoms with van der Waals surface area (Å²) in [5.74, 6) is -0.506. The summed E-state index contributed by atoms with van der Waals surface area (Å²) in [4.78, 5) is 11.8. The Bertz CT molecular complexity index is 1130. The summed E-state index contributed by atoms with van der Waals surface area (Å²) in [5, 5.41) is 8.05. The van der Waals surface area contributed by atoms with E-state index >= 15 is 0 Å². The van der Waals surface area contributed by atoms with Gasteiger partial charge < -0.3 is 5.73 Å². The van der Waals surface area contributed by atoms with E-state index in [2.05, 4.69) is 53.6 Å². The van der Waals surface area contributed by atoms with Crippen molar-refractivity contribution in [2.24, 2.45) is 12.8 Å². The number of benzene rings is 3. The molecule has 0 aliphatic rings. The average Bonchev–Trinajstić information content (AvgIpc) is 3.02. The second kappa shape index (κ2) is 6.11. The van der Waals surface area contributed by atoms with E-state index in [9.17, 15) is 4.79 Å². The topological polar surface area (TPSA) is 73.8 Å². The summed E-state index contributed by atoms with van der Waals surface area (Å²) in [5.41, 5.74) is 12.7. The third-order valence-corrected chi connectivity index (χ3v) is 4.66. The summed E-state index contributed by atoms with van der Waals surface area (Å²) in [6.45, 7) is 2.10. The second-order valence-electron chi connectivity index (χ2n) is 6.36. The van der Waals surface area contributed by atoms with E-state index in [0.717, 1.165) is 22.2 Å². The van der Waals surface area contributed by atoms with E-state index in [1.807, 2.05) is 18.2 Å². The number of rotatable bonds is 3. The van der Waals surface area contributed by atoms with Crippen LogP contribution < -0.4 is 5.73 Å². The van der Waals surface area contributed by atoms with Crippen LogP contribution in [0.5, 0.6) is 0 Å². The second-order valence-corrected chi connectivity index (χ2v) is 6.36. The van der Waals surface area contributed by atoms with Gasteiger partial charge in [0.1, 0.15) is 5.52 Å². The minimum absolute atomic E-state index is 0.383. The van der Waals surface area contributed by atoms with E-state index < -0.39 is 5.91 Å². The van der Waals surface area contributed by atoms with E-state index in [0.29, 0.717) is 11.1 Å². The van der Waals surface area contributed by atoms with Gasteiger partial charge in [0.15, 0.2) is 0 Å². The highest BCUT2D eigenvalue weighted by atomic mass is 16.1. The molecule has 0 atom stereocenters. The Hall–Kier alpha value is -3.47. The van der Waals surface area contributed by atoms with E-state index in [1.54, 1.807) is 17.8 Å². The lowest BCUT2D eigenvalue weighted by Crippen LogP contribution is -2.11. The van der Waals surface area contributed by atoms with Crippen molar-refractivity contribution in [3.05, 3.63) is 71.8 Å². The number of carbonyl (C=O) groups excluding carboxylic acids is 1. The molecule has 4 aromatic rings. The molecule has 0 saturated heterocycles. The van der Waals surface area contributed by atoms with Crippen LogP contribution in [0.2, 0.25) is 0 Å². The van der Waals surface area contributed by atoms with Crippen molar-refractivity contribution in [1.29, 1.82) is 0 Å². The number of aromatic nitrogens is 3. The standard InChI is InChI=1S/C21H18N4O/c1-13-5-3-4-6-17(13)15-9-7-14(8-10-15)16-11-18(21(22)26)20-19(12-16)25(2)24-23-20/h3-12H,1-2H3,(H2,22,26). The molecule has 5 heteroatoms. The van der Waals surface area contributed by atoms with Crippen LogP contribution in [0, 0.1) is 6.92 Å². The van der Waals surface area contributed by atoms with E-state index in [4.69, 9.17) is 5.73 Å². The maximum atomic E-state index is 11.8. The molecule has 0 unspecified atom stereocenters. The number of carbonyl (C=O) groups is 1. The largest absolute Gasteiger partial charge is 0.366 e. The Balaban J connectivity index is 1.82. The maximum Gasteiger partial charge on any atom is 0.251 e. The smallest absolute Gasteiger partial charge is 0.251 e. The molecule has 1 aromatic heterocycles. The van der Waals surface area contributed by atoms with Gasteiger partial charge in [0, 0.05) is 7.05 Å². The number of primary amides is 1. The van der Waals surface area contributed by atoms with Crippen molar-refractivity contribution in [1.82, 2.24) is 15.0 Å². The average molecular weight is 342 g/mol. The Morgan fingerprint density at radius 2 is 1.65 bits per heavy atom. The zero-order valence-corrected chi connectivity index (χ0v) is 14.6. The Morgan fingerprint density at radius 3 is 2.35 bits per heavy atom. The number of amides is 1. The van der Waals surface area contributed by atoms with Gasteiger partial charge in [-0.2, -0.15) is 0 Å². The number of nitrogens with two attached hydrogens (primary N) is 1. The van der Waals surface area contributed by atoms with Crippen LogP contribution in [-0.2, 0) is 7.05 Å². The summed E-state index contributed by atoms with van der Waals surface area (Å²) >= 11 is 0. The SMILES string of the molecule is Cc1ccccc1-c1ccc(-c2cc(C(N)=O)c3nnn(C)c3c2)cc1. The molecule has 1 amide bonds. The van der Waals surface area contributed by atoms with Crippen LogP contribution in [0.1, 0.15) is 15.9 Å². The molecule has 3 aromatic carbocycles. The highest BCUT2D eigenvalue weighted by Crippen LogP contribution is 2.29. The lowest BCUT2D eigenvalue weighted by Gasteiger charge is -2.09. The van der Waals surface area contributed by atoms with Crippen molar-refractivity contribution in [2.45, 2.75) is 6.92 Å². The molecule has 2 N–H and O–H groups in total. The van der Waals surface area contributed by atoms with Crippen molar-refractivity contribution >= 4 is 16.9 Å². The molecule has 0 saturated carbocycles. The van der Waals surface area contributed by atoms with Crippen molar-refractivity contribution in [2.75, 3.05) is 0 Å². The fourth-order valence-corrected chi connectivity index (χ4v) is 3.22. The summed E-state index contributed by atoms with van der Waals surface area (Å²) in [7, 11) is 1.80.